The van der Waals surface area contributed by atoms with Crippen LogP contribution < -0.4 is 5.32 Å². The number of carbonyl (C=O) groups is 1. The zero-order valence-electron chi connectivity index (χ0n) is 12.9. The molecule has 3 rings (SSSR count). The quantitative estimate of drug-likeness (QED) is 0.788. The summed E-state index contributed by atoms with van der Waals surface area (Å²) in [6.07, 6.45) is 5.38. The number of rotatable bonds is 5. The fraction of sp³-hybridized carbons (Fsp3) is 0.167. The van der Waals surface area contributed by atoms with Crippen molar-refractivity contribution >= 4 is 5.91 Å². The third kappa shape index (κ3) is 3.63. The molecule has 0 atom stereocenters. The van der Waals surface area contributed by atoms with Gasteiger partial charge in [-0.25, -0.2) is 4.98 Å². The van der Waals surface area contributed by atoms with Crippen LogP contribution in [0.25, 0.3) is 11.5 Å². The van der Waals surface area contributed by atoms with E-state index in [-0.39, 0.29) is 5.91 Å². The Hall–Kier alpha value is -2.95. The molecule has 0 aliphatic carbocycles. The Morgan fingerprint density at radius 1 is 1.09 bits per heavy atom. The number of amides is 1. The number of pyridine rings is 1. The first-order valence-corrected chi connectivity index (χ1v) is 7.51. The van der Waals surface area contributed by atoms with E-state index >= 15 is 0 Å². The Balaban J connectivity index is 1.60. The van der Waals surface area contributed by atoms with Gasteiger partial charge in [0.1, 0.15) is 5.69 Å². The number of hydrogen-bond donors (Lipinski definition) is 1. The summed E-state index contributed by atoms with van der Waals surface area (Å²) in [6, 6.07) is 13.3. The van der Waals surface area contributed by atoms with Crippen molar-refractivity contribution in [3.05, 3.63) is 72.2 Å². The van der Waals surface area contributed by atoms with Crippen molar-refractivity contribution in [1.82, 2.24) is 19.9 Å². The Bertz CT molecular complexity index is 778. The first-order chi connectivity index (χ1) is 11.2. The predicted molar refractivity (Wildman–Crippen MR) is 89.0 cm³/mol. The number of hydrogen-bond acceptors (Lipinski definition) is 3. The van der Waals surface area contributed by atoms with E-state index in [0.717, 1.165) is 17.1 Å². The second-order valence-corrected chi connectivity index (χ2v) is 5.28. The lowest BCUT2D eigenvalue weighted by molar-refractivity contribution is 0.0952. The second-order valence-electron chi connectivity index (χ2n) is 5.28. The first kappa shape index (κ1) is 15.0. The lowest BCUT2D eigenvalue weighted by Crippen LogP contribution is -2.27. The zero-order chi connectivity index (χ0) is 16.1. The normalized spacial score (nSPS) is 10.5. The van der Waals surface area contributed by atoms with E-state index in [2.05, 4.69) is 15.3 Å². The Kier molecular flexibility index (Phi) is 4.47. The number of nitrogens with one attached hydrogen (secondary N) is 1. The highest BCUT2D eigenvalue weighted by molar-refractivity contribution is 5.94. The molecular weight excluding hydrogens is 288 g/mol. The molecule has 116 valence electrons. The van der Waals surface area contributed by atoms with Crippen LogP contribution in [0.5, 0.6) is 0 Å². The van der Waals surface area contributed by atoms with Gasteiger partial charge in [-0.15, -0.1) is 0 Å². The van der Waals surface area contributed by atoms with Crippen LogP contribution in [0.15, 0.2) is 61.1 Å². The fourth-order valence-corrected chi connectivity index (χ4v) is 2.31. The minimum atomic E-state index is -0.0653. The summed E-state index contributed by atoms with van der Waals surface area (Å²) in [7, 11) is 0. The van der Waals surface area contributed by atoms with Gasteiger partial charge >= 0.3 is 0 Å². The van der Waals surface area contributed by atoms with E-state index < -0.39 is 0 Å². The molecular formula is C18H18N4O. The van der Waals surface area contributed by atoms with Crippen molar-refractivity contribution in [2.45, 2.75) is 13.5 Å². The van der Waals surface area contributed by atoms with E-state index in [9.17, 15) is 4.79 Å². The van der Waals surface area contributed by atoms with Gasteiger partial charge in [-0.05, 0) is 31.2 Å². The number of imidazole rings is 1. The molecule has 23 heavy (non-hydrogen) atoms. The molecule has 0 radical (unpaired) electrons. The van der Waals surface area contributed by atoms with Crippen molar-refractivity contribution in [2.24, 2.45) is 0 Å². The topological polar surface area (TPSA) is 59.8 Å². The summed E-state index contributed by atoms with van der Waals surface area (Å²) < 4.78 is 1.98. The SMILES string of the molecule is Cc1ccc(C(=O)NCCn2ccnc2-c2ccccn2)cc1. The molecule has 0 spiro atoms. The largest absolute Gasteiger partial charge is 0.350 e. The third-order valence-corrected chi connectivity index (χ3v) is 3.56. The number of benzene rings is 1. The molecule has 0 fully saturated rings. The first-order valence-electron chi connectivity index (χ1n) is 7.51. The molecule has 5 nitrogen and oxygen atoms in total. The smallest absolute Gasteiger partial charge is 0.251 e. The molecule has 5 heteroatoms. The molecule has 1 aromatic carbocycles. The maximum absolute atomic E-state index is 12.1. The second kappa shape index (κ2) is 6.87. The van der Waals surface area contributed by atoms with Crippen molar-refractivity contribution in [3.63, 3.8) is 0 Å². The number of carbonyl (C=O) groups excluding carboxylic acids is 1. The maximum atomic E-state index is 12.1. The maximum Gasteiger partial charge on any atom is 0.251 e. The van der Waals surface area contributed by atoms with Crippen LogP contribution in [0.1, 0.15) is 15.9 Å². The Morgan fingerprint density at radius 2 is 1.91 bits per heavy atom. The molecule has 2 heterocycles. The molecule has 0 saturated carbocycles. The summed E-state index contributed by atoms with van der Waals surface area (Å²) in [5, 5.41) is 2.93. The van der Waals surface area contributed by atoms with Gasteiger partial charge in [0.2, 0.25) is 0 Å². The molecule has 0 unspecified atom stereocenters. The van der Waals surface area contributed by atoms with E-state index in [1.54, 1.807) is 12.4 Å². The van der Waals surface area contributed by atoms with Gasteiger partial charge in [-0.2, -0.15) is 0 Å². The van der Waals surface area contributed by atoms with Gasteiger partial charge < -0.3 is 9.88 Å². The van der Waals surface area contributed by atoms with Crippen molar-refractivity contribution in [1.29, 1.82) is 0 Å². The van der Waals surface area contributed by atoms with Crippen LogP contribution in [0, 0.1) is 6.92 Å². The van der Waals surface area contributed by atoms with E-state index in [1.165, 1.54) is 0 Å². The van der Waals surface area contributed by atoms with Gasteiger partial charge in [-0.3, -0.25) is 9.78 Å². The number of aromatic nitrogens is 3. The van der Waals surface area contributed by atoms with Crippen molar-refractivity contribution in [3.8, 4) is 11.5 Å². The van der Waals surface area contributed by atoms with E-state index in [4.69, 9.17) is 0 Å². The van der Waals surface area contributed by atoms with Gasteiger partial charge in [0.25, 0.3) is 5.91 Å². The lowest BCUT2D eigenvalue weighted by Gasteiger charge is -2.09. The van der Waals surface area contributed by atoms with E-state index in [1.807, 2.05) is 60.2 Å². The molecule has 0 aliphatic rings. The van der Waals surface area contributed by atoms with Crippen molar-refractivity contribution < 1.29 is 4.79 Å². The summed E-state index contributed by atoms with van der Waals surface area (Å²) in [5.41, 5.74) is 2.63. The molecule has 0 saturated heterocycles. The molecule has 0 aliphatic heterocycles. The van der Waals surface area contributed by atoms with E-state index in [0.29, 0.717) is 18.7 Å². The van der Waals surface area contributed by atoms with Crippen LogP contribution >= 0.6 is 0 Å². The lowest BCUT2D eigenvalue weighted by atomic mass is 10.1. The van der Waals surface area contributed by atoms with Crippen LogP contribution in [0.3, 0.4) is 0 Å². The molecule has 0 bridgehead atoms. The standard InChI is InChI=1S/C18H18N4O/c1-14-5-7-15(8-6-14)18(23)21-11-13-22-12-10-20-17(22)16-4-2-3-9-19-16/h2-10,12H,11,13H2,1H3,(H,21,23). The summed E-state index contributed by atoms with van der Waals surface area (Å²) in [5.74, 6) is 0.736. The molecule has 2 aromatic heterocycles. The molecule has 3 aromatic rings. The van der Waals surface area contributed by atoms with Gasteiger partial charge in [0.15, 0.2) is 5.82 Å². The number of nitrogens with zero attached hydrogens (tertiary/aromatic N) is 3. The van der Waals surface area contributed by atoms with Gasteiger partial charge in [0, 0.05) is 37.2 Å². The van der Waals surface area contributed by atoms with Crippen LogP contribution in [0.4, 0.5) is 0 Å². The van der Waals surface area contributed by atoms with Crippen LogP contribution in [0.2, 0.25) is 0 Å². The van der Waals surface area contributed by atoms with Gasteiger partial charge in [0.05, 0.1) is 0 Å². The predicted octanol–water partition coefficient (Wildman–Crippen LogP) is 2.68. The van der Waals surface area contributed by atoms with Crippen LogP contribution in [-0.2, 0) is 6.54 Å². The summed E-state index contributed by atoms with van der Waals surface area (Å²) in [6.45, 7) is 3.17. The fourth-order valence-electron chi connectivity index (χ4n) is 2.31. The summed E-state index contributed by atoms with van der Waals surface area (Å²) in [4.78, 5) is 20.7. The molecule has 1 amide bonds. The third-order valence-electron chi connectivity index (χ3n) is 3.56. The Morgan fingerprint density at radius 3 is 2.65 bits per heavy atom. The average Bonchev–Trinajstić information content (AvgIpc) is 3.05. The highest BCUT2D eigenvalue weighted by Gasteiger charge is 2.08. The minimum absolute atomic E-state index is 0.0653. The zero-order valence-corrected chi connectivity index (χ0v) is 12.9. The highest BCUT2D eigenvalue weighted by Crippen LogP contribution is 2.13. The number of aryl methyl sites for hydroxylation is 1. The Labute approximate surface area is 135 Å². The van der Waals surface area contributed by atoms with Crippen molar-refractivity contribution in [2.75, 3.05) is 6.54 Å². The average molecular weight is 306 g/mol. The molecule has 1 N–H and O–H groups in total. The summed E-state index contributed by atoms with van der Waals surface area (Å²) >= 11 is 0. The van der Waals surface area contributed by atoms with Gasteiger partial charge in [-0.1, -0.05) is 23.8 Å². The monoisotopic (exact) mass is 306 g/mol. The minimum Gasteiger partial charge on any atom is -0.350 e. The highest BCUT2D eigenvalue weighted by atomic mass is 16.1. The van der Waals surface area contributed by atoms with Crippen LogP contribution in [-0.4, -0.2) is 27.0 Å².